The van der Waals surface area contributed by atoms with Crippen LogP contribution in [0.1, 0.15) is 16.9 Å². The van der Waals surface area contributed by atoms with E-state index in [4.69, 9.17) is 16.7 Å². The Morgan fingerprint density at radius 1 is 1.37 bits per heavy atom. The smallest absolute Gasteiger partial charge is 0.0964 e. The van der Waals surface area contributed by atoms with Crippen LogP contribution in [0.2, 0.25) is 5.02 Å². The average Bonchev–Trinajstić information content (AvgIpc) is 2.86. The van der Waals surface area contributed by atoms with Gasteiger partial charge >= 0.3 is 0 Å². The van der Waals surface area contributed by atoms with E-state index in [-0.39, 0.29) is 6.61 Å². The highest BCUT2D eigenvalue weighted by molar-refractivity contribution is 7.98. The molecular formula is C14H12ClNOS2. The Morgan fingerprint density at radius 3 is 3.00 bits per heavy atom. The Hall–Kier alpha value is -0.990. The molecule has 0 saturated heterocycles. The maximum Gasteiger partial charge on any atom is 0.0964 e. The summed E-state index contributed by atoms with van der Waals surface area (Å²) in [6.45, 7) is 0.107. The van der Waals surface area contributed by atoms with Crippen LogP contribution < -0.4 is 0 Å². The van der Waals surface area contributed by atoms with Crippen molar-refractivity contribution in [3.63, 3.8) is 0 Å². The van der Waals surface area contributed by atoms with Gasteiger partial charge in [0.2, 0.25) is 0 Å². The molecule has 0 fully saturated rings. The lowest BCUT2D eigenvalue weighted by molar-refractivity contribution is 0.305. The van der Waals surface area contributed by atoms with Gasteiger partial charge in [-0.15, -0.1) is 23.1 Å². The summed E-state index contributed by atoms with van der Waals surface area (Å²) in [6, 6.07) is 5.77. The molecule has 0 aliphatic rings. The van der Waals surface area contributed by atoms with Gasteiger partial charge in [-0.25, -0.2) is 4.98 Å². The van der Waals surface area contributed by atoms with Gasteiger partial charge in [0.05, 0.1) is 16.7 Å². The summed E-state index contributed by atoms with van der Waals surface area (Å²) >= 11 is 9.15. The van der Waals surface area contributed by atoms with Gasteiger partial charge in [0.1, 0.15) is 0 Å². The highest BCUT2D eigenvalue weighted by Gasteiger charge is 2.03. The van der Waals surface area contributed by atoms with E-state index >= 15 is 0 Å². The zero-order chi connectivity index (χ0) is 13.5. The van der Waals surface area contributed by atoms with Crippen molar-refractivity contribution in [1.82, 2.24) is 4.98 Å². The van der Waals surface area contributed by atoms with Crippen molar-refractivity contribution in [3.05, 3.63) is 45.2 Å². The molecule has 0 aromatic carbocycles. The van der Waals surface area contributed by atoms with Crippen molar-refractivity contribution in [1.29, 1.82) is 0 Å². The molecule has 2 aromatic heterocycles. The monoisotopic (exact) mass is 309 g/mol. The topological polar surface area (TPSA) is 33.1 Å². The lowest BCUT2D eigenvalue weighted by Gasteiger charge is -2.00. The fourth-order valence-electron chi connectivity index (χ4n) is 1.36. The normalized spacial score (nSPS) is 10.0. The fraction of sp³-hybridized carbons (Fsp3) is 0.214. The van der Waals surface area contributed by atoms with Crippen LogP contribution in [0.5, 0.6) is 0 Å². The van der Waals surface area contributed by atoms with Crippen molar-refractivity contribution in [2.75, 3.05) is 6.61 Å². The second-order valence-electron chi connectivity index (χ2n) is 3.64. The quantitative estimate of drug-likeness (QED) is 0.688. The van der Waals surface area contributed by atoms with Gasteiger partial charge in [-0.1, -0.05) is 23.4 Å². The number of thioether (sulfide) groups is 1. The Morgan fingerprint density at radius 2 is 2.26 bits per heavy atom. The molecule has 2 nitrogen and oxygen atoms in total. The highest BCUT2D eigenvalue weighted by Crippen LogP contribution is 2.26. The summed E-state index contributed by atoms with van der Waals surface area (Å²) in [6.07, 6.45) is 2.17. The predicted molar refractivity (Wildman–Crippen MR) is 81.7 cm³/mol. The first kappa shape index (κ1) is 14.4. The minimum Gasteiger partial charge on any atom is -0.395 e. The van der Waals surface area contributed by atoms with Crippen molar-refractivity contribution < 1.29 is 5.11 Å². The molecule has 0 aliphatic heterocycles. The van der Waals surface area contributed by atoms with E-state index in [0.717, 1.165) is 16.3 Å². The third-order valence-electron chi connectivity index (χ3n) is 2.26. The van der Waals surface area contributed by atoms with Crippen LogP contribution in [0, 0.1) is 11.8 Å². The van der Waals surface area contributed by atoms with Gasteiger partial charge in [0, 0.05) is 28.8 Å². The van der Waals surface area contributed by atoms with Crippen LogP contribution in [-0.4, -0.2) is 16.7 Å². The first-order valence-electron chi connectivity index (χ1n) is 5.70. The van der Waals surface area contributed by atoms with E-state index in [1.807, 2.05) is 23.6 Å². The summed E-state index contributed by atoms with van der Waals surface area (Å²) in [5.74, 6) is 6.88. The predicted octanol–water partition coefficient (Wildman–Crippen LogP) is 3.82. The largest absolute Gasteiger partial charge is 0.395 e. The second kappa shape index (κ2) is 7.56. The van der Waals surface area contributed by atoms with Crippen LogP contribution in [0.4, 0.5) is 0 Å². The number of halogens is 1. The summed E-state index contributed by atoms with van der Waals surface area (Å²) in [5, 5.41) is 12.4. The van der Waals surface area contributed by atoms with Gasteiger partial charge in [-0.3, -0.25) is 0 Å². The summed E-state index contributed by atoms with van der Waals surface area (Å²) in [7, 11) is 0. The molecule has 98 valence electrons. The van der Waals surface area contributed by atoms with Gasteiger partial charge < -0.3 is 5.11 Å². The van der Waals surface area contributed by atoms with E-state index in [1.165, 1.54) is 4.88 Å². The van der Waals surface area contributed by atoms with Crippen molar-refractivity contribution >= 4 is 34.7 Å². The molecule has 5 heteroatoms. The summed E-state index contributed by atoms with van der Waals surface area (Å²) in [4.78, 5) is 5.48. The SMILES string of the molecule is OCCC#Cc1ccsc1CSc1ccc(Cl)cn1. The number of aliphatic hydroxyl groups is 1. The molecular weight excluding hydrogens is 298 g/mol. The fourth-order valence-corrected chi connectivity index (χ4v) is 3.27. The number of hydrogen-bond acceptors (Lipinski definition) is 4. The van der Waals surface area contributed by atoms with Gasteiger partial charge in [0.15, 0.2) is 0 Å². The standard InChI is InChI=1S/C14H12ClNOS2/c15-12-4-5-14(16-9-12)19-10-13-11(6-8-18-13)3-1-2-7-17/h4-6,8-9,17H,2,7,10H2. The number of thiophene rings is 1. The molecule has 0 radical (unpaired) electrons. The van der Waals surface area contributed by atoms with Gasteiger partial charge in [0.25, 0.3) is 0 Å². The van der Waals surface area contributed by atoms with E-state index in [2.05, 4.69) is 16.8 Å². The van der Waals surface area contributed by atoms with Crippen molar-refractivity contribution in [2.24, 2.45) is 0 Å². The Bertz CT molecular complexity index is 583. The molecule has 2 rings (SSSR count). The molecule has 2 aromatic rings. The van der Waals surface area contributed by atoms with Crippen molar-refractivity contribution in [3.8, 4) is 11.8 Å². The minimum atomic E-state index is 0.107. The van der Waals surface area contributed by atoms with E-state index in [9.17, 15) is 0 Å². The van der Waals surface area contributed by atoms with Crippen LogP contribution in [0.15, 0.2) is 34.8 Å². The lowest BCUT2D eigenvalue weighted by Crippen LogP contribution is -1.83. The van der Waals surface area contributed by atoms with Crippen LogP contribution >= 0.6 is 34.7 Å². The molecule has 2 heterocycles. The molecule has 0 amide bonds. The van der Waals surface area contributed by atoms with Crippen LogP contribution in [0.25, 0.3) is 0 Å². The lowest BCUT2D eigenvalue weighted by atomic mass is 10.2. The number of nitrogens with zero attached hydrogens (tertiary/aromatic N) is 1. The maximum atomic E-state index is 8.72. The zero-order valence-corrected chi connectivity index (χ0v) is 12.5. The molecule has 0 unspecified atom stereocenters. The number of aliphatic hydroxyl groups excluding tert-OH is 1. The number of hydrogen-bond donors (Lipinski definition) is 1. The molecule has 0 atom stereocenters. The summed E-state index contributed by atoms with van der Waals surface area (Å²) < 4.78 is 0. The van der Waals surface area contributed by atoms with E-state index in [0.29, 0.717) is 11.4 Å². The number of pyridine rings is 1. The van der Waals surface area contributed by atoms with Crippen LogP contribution in [0.3, 0.4) is 0 Å². The average molecular weight is 310 g/mol. The maximum absolute atomic E-state index is 8.72. The van der Waals surface area contributed by atoms with E-state index in [1.54, 1.807) is 29.3 Å². The first-order valence-corrected chi connectivity index (χ1v) is 7.94. The first-order chi connectivity index (χ1) is 9.29. The molecule has 0 saturated carbocycles. The van der Waals surface area contributed by atoms with Crippen molar-refractivity contribution in [2.45, 2.75) is 17.2 Å². The van der Waals surface area contributed by atoms with Gasteiger partial charge in [-0.2, -0.15) is 0 Å². The number of aromatic nitrogens is 1. The Kier molecular flexibility index (Phi) is 5.74. The third kappa shape index (κ3) is 4.55. The second-order valence-corrected chi connectivity index (χ2v) is 6.07. The van der Waals surface area contributed by atoms with Crippen LogP contribution in [-0.2, 0) is 5.75 Å². The van der Waals surface area contributed by atoms with E-state index < -0.39 is 0 Å². The third-order valence-corrected chi connectivity index (χ3v) is 4.55. The highest BCUT2D eigenvalue weighted by atomic mass is 35.5. The van der Waals surface area contributed by atoms with Gasteiger partial charge in [-0.05, 0) is 23.6 Å². The molecule has 0 bridgehead atoms. The molecule has 19 heavy (non-hydrogen) atoms. The number of rotatable bonds is 4. The Balaban J connectivity index is 1.98. The minimum absolute atomic E-state index is 0.107. The molecule has 1 N–H and O–H groups in total. The Labute approximate surface area is 125 Å². The summed E-state index contributed by atoms with van der Waals surface area (Å²) in [5.41, 5.74) is 1.04. The zero-order valence-electron chi connectivity index (χ0n) is 10.1. The molecule has 0 spiro atoms. The molecule has 0 aliphatic carbocycles.